The Morgan fingerprint density at radius 3 is 0.491 bits per heavy atom. The fourth-order valence-corrected chi connectivity index (χ4v) is 20.1. The predicted molar refractivity (Wildman–Crippen MR) is 507 cm³/mol. The fraction of sp³-hybridized carbons (Fsp3) is 0.921. The lowest BCUT2D eigenvalue weighted by molar-refractivity contribution is -0.924. The van der Waals surface area contributed by atoms with Gasteiger partial charge in [0.2, 0.25) is 0 Å². The average molecular weight is 1700 g/mol. The van der Waals surface area contributed by atoms with E-state index in [0.29, 0.717) is 35.8 Å². The highest BCUT2D eigenvalue weighted by Crippen LogP contribution is 2.21. The van der Waals surface area contributed by atoms with Crippen LogP contribution < -0.4 is 0 Å². The van der Waals surface area contributed by atoms with Gasteiger partial charge in [0.1, 0.15) is 0 Å². The van der Waals surface area contributed by atoms with Crippen molar-refractivity contribution in [2.45, 2.75) is 313 Å². The highest BCUT2D eigenvalue weighted by molar-refractivity contribution is 8.15. The van der Waals surface area contributed by atoms with Crippen molar-refractivity contribution in [1.29, 1.82) is 0 Å². The smallest absolute Gasteiger partial charge is 0.189 e. The first kappa shape index (κ1) is 123. The summed E-state index contributed by atoms with van der Waals surface area (Å²) < 4.78 is 7.76. The standard InChI is InChI=1S/C16H34NOS.C15H32NOS.C14H30NOS.C13H28NOS.C12H26NOS.C10H22NOS.C9H20NOS/c1-5-9-11-16(18)19-15-14-17(8-4,12-7-3)13-10-6-2;1-5-9-10-15(17)18-14-13-16(8-4,11-6-2)12-7-3;1-5-9-14(16)17-13-12-15(8-4,10-6-2)11-7-3;1-5-9-10-13(15)16-12-11-14(6-2,7-3)8-4;1-5-9-12(14)15-11-10-13(6-2,7-3)8-4;1-5-6-7-10(12)13-9-8-11(2,3)4;1-5-6-9(11)12-8-7-10(2,3)4/h5-15H2,1-4H3;5-14H2,1-4H3;5-13H2,1-4H3;5-12H2,1-4H3;5-11H2,1-4H3;5-9H2,1-4H3;5-8H2,1-4H3/q7*+1. The summed E-state index contributed by atoms with van der Waals surface area (Å²) in [5.41, 5.74) is 0. The van der Waals surface area contributed by atoms with Crippen LogP contribution in [0.3, 0.4) is 0 Å². The van der Waals surface area contributed by atoms with E-state index in [-0.39, 0.29) is 0 Å². The third-order valence-corrected chi connectivity index (χ3v) is 27.4. The van der Waals surface area contributed by atoms with Crippen molar-refractivity contribution in [2.75, 3.05) is 227 Å². The van der Waals surface area contributed by atoms with Crippen LogP contribution in [-0.4, -0.2) is 294 Å². The third kappa shape index (κ3) is 77.8. The molecule has 110 heavy (non-hydrogen) atoms. The molecule has 0 heterocycles. The molecule has 0 aliphatic rings. The molecule has 0 rings (SSSR count). The van der Waals surface area contributed by atoms with E-state index < -0.39 is 0 Å². The van der Waals surface area contributed by atoms with Gasteiger partial charge < -0.3 is 31.4 Å². The molecule has 0 fully saturated rings. The summed E-state index contributed by atoms with van der Waals surface area (Å²) in [4.78, 5) is 80.0. The molecule has 0 aromatic rings. The minimum atomic E-state index is 0.339. The van der Waals surface area contributed by atoms with Gasteiger partial charge in [0.05, 0.1) is 227 Å². The lowest BCUT2D eigenvalue weighted by atomic mass is 10.2. The van der Waals surface area contributed by atoms with Crippen LogP contribution in [0, 0.1) is 0 Å². The number of hydrogen-bond acceptors (Lipinski definition) is 14. The van der Waals surface area contributed by atoms with Gasteiger partial charge in [-0.3, -0.25) is 33.6 Å². The van der Waals surface area contributed by atoms with Gasteiger partial charge in [0.15, 0.2) is 35.8 Å². The monoisotopic (exact) mass is 1700 g/mol. The number of unbranched alkanes of at least 4 members (excludes halogenated alkanes) is 5. The van der Waals surface area contributed by atoms with Crippen LogP contribution in [0.25, 0.3) is 0 Å². The maximum absolute atomic E-state index is 11.7. The highest BCUT2D eigenvalue weighted by Gasteiger charge is 2.27. The molecule has 0 bridgehead atoms. The van der Waals surface area contributed by atoms with Gasteiger partial charge in [-0.1, -0.05) is 204 Å². The normalized spacial score (nSPS) is 12.2. The Kier molecular flexibility index (Phi) is 92.3. The quantitative estimate of drug-likeness (QED) is 0.0537. The Morgan fingerprint density at radius 2 is 0.336 bits per heavy atom. The first-order chi connectivity index (χ1) is 52.1. The summed E-state index contributed by atoms with van der Waals surface area (Å²) in [5.74, 6) is 6.85. The van der Waals surface area contributed by atoms with E-state index in [1.165, 1.54) is 204 Å². The molecule has 0 aliphatic carbocycles. The summed E-state index contributed by atoms with van der Waals surface area (Å²) in [7, 11) is 12.9. The van der Waals surface area contributed by atoms with Crippen LogP contribution in [0.5, 0.6) is 0 Å². The maximum atomic E-state index is 11.7. The molecule has 0 aromatic heterocycles. The van der Waals surface area contributed by atoms with Crippen LogP contribution in [0.15, 0.2) is 0 Å². The summed E-state index contributed by atoms with van der Waals surface area (Å²) in [6.07, 6.45) is 25.5. The van der Waals surface area contributed by atoms with Gasteiger partial charge in [0.25, 0.3) is 0 Å². The topological polar surface area (TPSA) is 119 Å². The zero-order valence-electron chi connectivity index (χ0n) is 78.5. The Hall–Kier alpha value is -0.140. The van der Waals surface area contributed by atoms with Gasteiger partial charge in [0, 0.05) is 44.9 Å². The van der Waals surface area contributed by atoms with E-state index in [2.05, 4.69) is 188 Å². The lowest BCUT2D eigenvalue weighted by Crippen LogP contribution is -2.50. The summed E-state index contributed by atoms with van der Waals surface area (Å²) in [5, 5.41) is 2.58. The van der Waals surface area contributed by atoms with E-state index in [9.17, 15) is 33.6 Å². The van der Waals surface area contributed by atoms with E-state index in [4.69, 9.17) is 0 Å². The van der Waals surface area contributed by atoms with Gasteiger partial charge in [-0.05, 0) is 146 Å². The minimum absolute atomic E-state index is 0.339. The van der Waals surface area contributed by atoms with Gasteiger partial charge in [-0.25, -0.2) is 0 Å². The maximum Gasteiger partial charge on any atom is 0.189 e. The molecule has 660 valence electrons. The van der Waals surface area contributed by atoms with Crippen molar-refractivity contribution in [3.8, 4) is 0 Å². The van der Waals surface area contributed by atoms with Crippen LogP contribution >= 0.6 is 82.3 Å². The predicted octanol–water partition coefficient (Wildman–Crippen LogP) is 22.4. The van der Waals surface area contributed by atoms with Crippen LogP contribution in [0.2, 0.25) is 0 Å². The molecule has 0 spiro atoms. The molecule has 1 atom stereocenters. The highest BCUT2D eigenvalue weighted by atomic mass is 32.2. The summed E-state index contributed by atoms with van der Waals surface area (Å²) >= 11 is 10.7. The van der Waals surface area contributed by atoms with Crippen molar-refractivity contribution in [2.24, 2.45) is 0 Å². The Balaban J connectivity index is -0.000000226. The molecule has 14 nitrogen and oxygen atoms in total. The first-order valence-corrected chi connectivity index (χ1v) is 51.9. The number of thioether (sulfide) groups is 7. The number of rotatable bonds is 61. The van der Waals surface area contributed by atoms with Crippen LogP contribution in [0.1, 0.15) is 313 Å². The SMILES string of the molecule is CCCC(=O)SCC[N+](C)(C)C.CCCC(=O)SCC[N+](CC)(CC)CC.CCCC(=O)SCC[N+](CC)(CCC)CCC.CCCCC(=O)SCC[N+](C)(C)C.CCCCC(=O)SCC[N+](CC)(CC)CC.CCCCC(=O)SCC[N+](CC)(CCC)CCC.CCCCC(=O)SCC[N+](CC)(CCC)CCCC. The van der Waals surface area contributed by atoms with E-state index >= 15 is 0 Å². The van der Waals surface area contributed by atoms with Crippen molar-refractivity contribution in [3.05, 3.63) is 0 Å². The molecule has 21 heteroatoms. The molecular formula is C89H192N7O7S7+7. The second kappa shape index (κ2) is 82.6. The van der Waals surface area contributed by atoms with E-state index in [0.717, 1.165) is 220 Å². The number of carbonyl (C=O) groups excluding carboxylic acids is 7. The largest absolute Gasteiger partial charge is 0.330 e. The fourth-order valence-electron chi connectivity index (χ4n) is 12.6. The number of carbonyl (C=O) groups is 7. The van der Waals surface area contributed by atoms with Crippen LogP contribution in [-0.2, 0) is 33.6 Å². The molecule has 0 radical (unpaired) electrons. The van der Waals surface area contributed by atoms with Gasteiger partial charge in [-0.15, -0.1) is 0 Å². The molecule has 0 aromatic carbocycles. The summed E-state index contributed by atoms with van der Waals surface area (Å²) in [6, 6.07) is 0. The minimum Gasteiger partial charge on any atom is -0.330 e. The second-order valence-electron chi connectivity index (χ2n) is 32.1. The Bertz CT molecular complexity index is 2100. The van der Waals surface area contributed by atoms with Crippen LogP contribution in [0.4, 0.5) is 0 Å². The molecule has 0 N–H and O–H groups in total. The Morgan fingerprint density at radius 1 is 0.173 bits per heavy atom. The van der Waals surface area contributed by atoms with E-state index in [1.54, 1.807) is 35.3 Å². The number of hydrogen-bond donors (Lipinski definition) is 0. The molecule has 0 saturated heterocycles. The molecule has 0 saturated carbocycles. The summed E-state index contributed by atoms with van der Waals surface area (Å²) in [6.45, 7) is 74.7. The van der Waals surface area contributed by atoms with Crippen molar-refractivity contribution >= 4 is 118 Å². The van der Waals surface area contributed by atoms with E-state index in [1.807, 2.05) is 6.92 Å². The lowest BCUT2D eigenvalue weighted by Gasteiger charge is -2.37. The van der Waals surface area contributed by atoms with Gasteiger partial charge >= 0.3 is 0 Å². The second-order valence-corrected chi connectivity index (χ2v) is 40.2. The average Bonchev–Trinajstić information content (AvgIpc) is 0.923. The molecule has 0 amide bonds. The van der Waals surface area contributed by atoms with Gasteiger partial charge in [-0.2, -0.15) is 0 Å². The number of nitrogens with zero attached hydrogens (tertiary/aromatic N) is 7. The van der Waals surface area contributed by atoms with Crippen molar-refractivity contribution < 1.29 is 64.9 Å². The molecule has 1 unspecified atom stereocenters. The third-order valence-electron chi connectivity index (χ3n) is 21.0. The zero-order chi connectivity index (χ0) is 85.7. The zero-order valence-corrected chi connectivity index (χ0v) is 84.2. The van der Waals surface area contributed by atoms with Crippen molar-refractivity contribution in [1.82, 2.24) is 0 Å². The number of quaternary nitrogens is 7. The Labute approximate surface area is 717 Å². The molecule has 0 aliphatic heterocycles. The molecular weight excluding hydrogens is 1500 g/mol. The van der Waals surface area contributed by atoms with Crippen molar-refractivity contribution in [3.63, 3.8) is 0 Å². The first-order valence-electron chi connectivity index (χ1n) is 45.0.